The van der Waals surface area contributed by atoms with Gasteiger partial charge in [0.05, 0.1) is 0 Å². The summed E-state index contributed by atoms with van der Waals surface area (Å²) in [5, 5.41) is 0. The summed E-state index contributed by atoms with van der Waals surface area (Å²) < 4.78 is 0.965. The predicted octanol–water partition coefficient (Wildman–Crippen LogP) is 2.78. The standard InChI is InChI=1S/C15H21BrN2O/c1-10-5-12(7-13(16)6-10)15(19)18-8-11(2)14(9-18)17(3)4/h5-7,11,14H,8-9H2,1-4H3. The summed E-state index contributed by atoms with van der Waals surface area (Å²) in [7, 11) is 4.16. The van der Waals surface area contributed by atoms with E-state index in [4.69, 9.17) is 0 Å². The van der Waals surface area contributed by atoms with Gasteiger partial charge in [0.2, 0.25) is 0 Å². The molecule has 19 heavy (non-hydrogen) atoms. The van der Waals surface area contributed by atoms with Crippen LogP contribution in [0.3, 0.4) is 0 Å². The van der Waals surface area contributed by atoms with Crippen LogP contribution in [0.1, 0.15) is 22.8 Å². The molecule has 1 amide bonds. The molecule has 0 aromatic heterocycles. The SMILES string of the molecule is Cc1cc(Br)cc(C(=O)N2CC(C)C(N(C)C)C2)c1. The molecule has 0 radical (unpaired) electrons. The van der Waals surface area contributed by atoms with E-state index in [0.29, 0.717) is 12.0 Å². The van der Waals surface area contributed by atoms with Crippen molar-refractivity contribution in [3.63, 3.8) is 0 Å². The van der Waals surface area contributed by atoms with Crippen molar-refractivity contribution in [2.24, 2.45) is 5.92 Å². The summed E-state index contributed by atoms with van der Waals surface area (Å²) in [6.07, 6.45) is 0. The Balaban J connectivity index is 2.17. The van der Waals surface area contributed by atoms with Crippen LogP contribution in [0.2, 0.25) is 0 Å². The molecule has 1 heterocycles. The number of likely N-dealkylation sites (N-methyl/N-ethyl adjacent to an activating group) is 1. The number of hydrogen-bond donors (Lipinski definition) is 0. The molecule has 0 spiro atoms. The normalized spacial score (nSPS) is 23.2. The second-order valence-electron chi connectivity index (χ2n) is 5.74. The van der Waals surface area contributed by atoms with Gasteiger partial charge in [0.1, 0.15) is 0 Å². The maximum atomic E-state index is 12.6. The molecule has 1 aromatic carbocycles. The molecule has 2 rings (SSSR count). The van der Waals surface area contributed by atoms with E-state index in [0.717, 1.165) is 28.7 Å². The van der Waals surface area contributed by atoms with Gasteiger partial charge >= 0.3 is 0 Å². The summed E-state index contributed by atoms with van der Waals surface area (Å²) >= 11 is 3.46. The molecule has 1 aliphatic rings. The van der Waals surface area contributed by atoms with Gasteiger partial charge in [-0.05, 0) is 50.7 Å². The second-order valence-corrected chi connectivity index (χ2v) is 6.65. The van der Waals surface area contributed by atoms with E-state index in [9.17, 15) is 4.79 Å². The van der Waals surface area contributed by atoms with Gasteiger partial charge in [0, 0.05) is 29.2 Å². The molecule has 2 unspecified atom stereocenters. The quantitative estimate of drug-likeness (QED) is 0.835. The number of likely N-dealkylation sites (tertiary alicyclic amines) is 1. The van der Waals surface area contributed by atoms with Crippen molar-refractivity contribution in [2.45, 2.75) is 19.9 Å². The minimum absolute atomic E-state index is 0.139. The minimum Gasteiger partial charge on any atom is -0.337 e. The van der Waals surface area contributed by atoms with Crippen LogP contribution in [-0.4, -0.2) is 48.9 Å². The largest absolute Gasteiger partial charge is 0.337 e. The smallest absolute Gasteiger partial charge is 0.253 e. The zero-order valence-corrected chi connectivity index (χ0v) is 13.6. The topological polar surface area (TPSA) is 23.6 Å². The fourth-order valence-electron chi connectivity index (χ4n) is 2.83. The zero-order valence-electron chi connectivity index (χ0n) is 12.0. The Kier molecular flexibility index (Phi) is 4.31. The van der Waals surface area contributed by atoms with Crippen molar-refractivity contribution >= 4 is 21.8 Å². The number of carbonyl (C=O) groups is 1. The highest BCUT2D eigenvalue weighted by Gasteiger charge is 2.33. The highest BCUT2D eigenvalue weighted by Crippen LogP contribution is 2.23. The summed E-state index contributed by atoms with van der Waals surface area (Å²) in [5.74, 6) is 0.660. The van der Waals surface area contributed by atoms with Gasteiger partial charge in [0.15, 0.2) is 0 Å². The number of rotatable bonds is 2. The number of aryl methyl sites for hydroxylation is 1. The Morgan fingerprint density at radius 1 is 1.32 bits per heavy atom. The fraction of sp³-hybridized carbons (Fsp3) is 0.533. The molecule has 0 N–H and O–H groups in total. The van der Waals surface area contributed by atoms with E-state index in [1.54, 1.807) is 0 Å². The Morgan fingerprint density at radius 3 is 2.53 bits per heavy atom. The van der Waals surface area contributed by atoms with Gasteiger partial charge in [0.25, 0.3) is 5.91 Å². The summed E-state index contributed by atoms with van der Waals surface area (Å²) in [6, 6.07) is 6.34. The summed E-state index contributed by atoms with van der Waals surface area (Å²) in [4.78, 5) is 16.7. The Morgan fingerprint density at radius 2 is 2.00 bits per heavy atom. The Hall–Kier alpha value is -0.870. The van der Waals surface area contributed by atoms with Crippen LogP contribution in [0.15, 0.2) is 22.7 Å². The van der Waals surface area contributed by atoms with Crippen molar-refractivity contribution in [2.75, 3.05) is 27.2 Å². The first-order chi connectivity index (χ1) is 8.88. The molecule has 0 bridgehead atoms. The van der Waals surface area contributed by atoms with E-state index in [1.165, 1.54) is 0 Å². The van der Waals surface area contributed by atoms with Crippen LogP contribution >= 0.6 is 15.9 Å². The third-order valence-corrected chi connectivity index (χ3v) is 4.27. The number of amides is 1. The summed E-state index contributed by atoms with van der Waals surface area (Å²) in [5.41, 5.74) is 1.88. The zero-order chi connectivity index (χ0) is 14.2. The van der Waals surface area contributed by atoms with Gasteiger partial charge in [-0.2, -0.15) is 0 Å². The lowest BCUT2D eigenvalue weighted by molar-refractivity contribution is 0.0781. The van der Waals surface area contributed by atoms with E-state index >= 15 is 0 Å². The van der Waals surface area contributed by atoms with Crippen LogP contribution in [0.5, 0.6) is 0 Å². The van der Waals surface area contributed by atoms with Crippen molar-refractivity contribution in [3.8, 4) is 0 Å². The lowest BCUT2D eigenvalue weighted by Gasteiger charge is -2.22. The lowest BCUT2D eigenvalue weighted by atomic mass is 10.1. The van der Waals surface area contributed by atoms with Crippen LogP contribution in [0.4, 0.5) is 0 Å². The average Bonchev–Trinajstić information content (AvgIpc) is 2.69. The number of carbonyl (C=O) groups excluding carboxylic acids is 1. The molecular formula is C15H21BrN2O. The first kappa shape index (κ1) is 14.5. The number of benzene rings is 1. The highest BCUT2D eigenvalue weighted by atomic mass is 79.9. The number of nitrogens with zero attached hydrogens (tertiary/aromatic N) is 2. The Bertz CT molecular complexity index is 467. The molecule has 3 nitrogen and oxygen atoms in total. The van der Waals surface area contributed by atoms with Crippen molar-refractivity contribution in [1.29, 1.82) is 0 Å². The first-order valence-corrected chi connectivity index (χ1v) is 7.40. The third-order valence-electron chi connectivity index (χ3n) is 3.81. The second kappa shape index (κ2) is 5.63. The first-order valence-electron chi connectivity index (χ1n) is 6.61. The molecule has 0 aliphatic carbocycles. The van der Waals surface area contributed by atoms with Crippen molar-refractivity contribution in [3.05, 3.63) is 33.8 Å². The van der Waals surface area contributed by atoms with E-state index in [1.807, 2.05) is 30.0 Å². The molecule has 2 atom stereocenters. The lowest BCUT2D eigenvalue weighted by Crippen LogP contribution is -2.35. The van der Waals surface area contributed by atoms with Crippen molar-refractivity contribution < 1.29 is 4.79 Å². The van der Waals surface area contributed by atoms with E-state index < -0.39 is 0 Å². The molecule has 0 saturated carbocycles. The van der Waals surface area contributed by atoms with Gasteiger partial charge in [-0.1, -0.05) is 22.9 Å². The van der Waals surface area contributed by atoms with E-state index in [2.05, 4.69) is 41.8 Å². The van der Waals surface area contributed by atoms with Gasteiger partial charge < -0.3 is 9.80 Å². The van der Waals surface area contributed by atoms with Crippen LogP contribution < -0.4 is 0 Å². The van der Waals surface area contributed by atoms with Gasteiger partial charge in [-0.3, -0.25) is 4.79 Å². The molecule has 4 heteroatoms. The van der Waals surface area contributed by atoms with Gasteiger partial charge in [-0.15, -0.1) is 0 Å². The Labute approximate surface area is 123 Å². The molecule has 1 aliphatic heterocycles. The van der Waals surface area contributed by atoms with Gasteiger partial charge in [-0.25, -0.2) is 0 Å². The maximum absolute atomic E-state index is 12.6. The average molecular weight is 325 g/mol. The van der Waals surface area contributed by atoms with E-state index in [-0.39, 0.29) is 5.91 Å². The predicted molar refractivity (Wildman–Crippen MR) is 81.4 cm³/mol. The maximum Gasteiger partial charge on any atom is 0.253 e. The number of hydrogen-bond acceptors (Lipinski definition) is 2. The fourth-order valence-corrected chi connectivity index (χ4v) is 3.44. The highest BCUT2D eigenvalue weighted by molar-refractivity contribution is 9.10. The van der Waals surface area contributed by atoms with Crippen molar-refractivity contribution in [1.82, 2.24) is 9.80 Å². The van der Waals surface area contributed by atoms with Crippen LogP contribution in [-0.2, 0) is 0 Å². The molecule has 1 fully saturated rings. The molecule has 1 saturated heterocycles. The van der Waals surface area contributed by atoms with Crippen LogP contribution in [0.25, 0.3) is 0 Å². The molecular weight excluding hydrogens is 304 g/mol. The monoisotopic (exact) mass is 324 g/mol. The summed E-state index contributed by atoms with van der Waals surface area (Å²) in [6.45, 7) is 5.88. The molecule has 104 valence electrons. The third kappa shape index (κ3) is 3.18. The number of halogens is 1. The molecule has 1 aromatic rings. The minimum atomic E-state index is 0.139. The van der Waals surface area contributed by atoms with Crippen LogP contribution in [0, 0.1) is 12.8 Å².